The zero-order chi connectivity index (χ0) is 20.8. The van der Waals surface area contributed by atoms with Crippen molar-refractivity contribution in [3.05, 3.63) is 0 Å². The molecule has 0 aliphatic carbocycles. The van der Waals surface area contributed by atoms with E-state index in [0.29, 0.717) is 0 Å². The molecule has 0 saturated heterocycles. The van der Waals surface area contributed by atoms with Crippen LogP contribution in [0.4, 0.5) is 0 Å². The summed E-state index contributed by atoms with van der Waals surface area (Å²) in [4.78, 5) is 0. The fraction of sp³-hybridized carbons (Fsp3) is 1.00. The number of hydrogen-bond acceptors (Lipinski definition) is 0. The molecular weight excluding hydrogens is 454 g/mol. The van der Waals surface area contributed by atoms with Crippen LogP contribution in [-0.4, -0.2) is 24.6 Å². The summed E-state index contributed by atoms with van der Waals surface area (Å²) >= 11 is 0. The summed E-state index contributed by atoms with van der Waals surface area (Å²) in [6.45, 7) is 8.83. The Morgan fingerprint density at radius 3 is 0.966 bits per heavy atom. The molecule has 0 aromatic carbocycles. The third kappa shape index (κ3) is 21.0. The minimum Gasteiger partial charge on any atom is -0.114 e. The van der Waals surface area contributed by atoms with Gasteiger partial charge in [0, 0.05) is 15.2 Å². The van der Waals surface area contributed by atoms with E-state index in [2.05, 4.69) is 27.7 Å². The lowest BCUT2D eigenvalue weighted by Crippen LogP contribution is -2.06. The highest BCUT2D eigenvalue weighted by Crippen LogP contribution is 2.75. The molecule has 1 unspecified atom stereocenters. The van der Waals surface area contributed by atoms with E-state index in [-0.39, 0.29) is 17.0 Å². The molecule has 0 saturated carbocycles. The van der Waals surface area contributed by atoms with Gasteiger partial charge in [-0.2, -0.15) is 0 Å². The van der Waals surface area contributed by atoms with Crippen LogP contribution in [0.1, 0.15) is 143 Å². The van der Waals surface area contributed by atoms with Crippen molar-refractivity contribution < 1.29 is 0 Å². The highest BCUT2D eigenvalue weighted by atomic mass is 79.9. The van der Waals surface area contributed by atoms with Crippen LogP contribution in [0.15, 0.2) is 0 Å². The quantitative estimate of drug-likeness (QED) is 0.0943. The second kappa shape index (κ2) is 25.6. The molecule has 0 aliphatic heterocycles. The Kier molecular flexibility index (Phi) is 28.7. The van der Waals surface area contributed by atoms with Gasteiger partial charge in [-0.3, -0.25) is 0 Å². The Balaban J connectivity index is 0. The Morgan fingerprint density at radius 1 is 0.414 bits per heavy atom. The van der Waals surface area contributed by atoms with Crippen LogP contribution in [0.2, 0.25) is 0 Å². The molecule has 3 heteroatoms. The highest BCUT2D eigenvalue weighted by molar-refractivity contribution is 8.93. The zero-order valence-corrected chi connectivity index (χ0v) is 24.5. The Hall–Kier alpha value is 1.34. The van der Waals surface area contributed by atoms with Gasteiger partial charge in [0.15, 0.2) is 0 Å². The van der Waals surface area contributed by atoms with E-state index in [0.717, 1.165) is 0 Å². The molecule has 0 fully saturated rings. The third-order valence-corrected chi connectivity index (χ3v) is 15.8. The van der Waals surface area contributed by atoms with Crippen LogP contribution in [0.5, 0.6) is 0 Å². The maximum atomic E-state index is 2.47. The van der Waals surface area contributed by atoms with Gasteiger partial charge in [0.05, 0.1) is 18.5 Å². The van der Waals surface area contributed by atoms with E-state index in [1.807, 2.05) is 0 Å². The van der Waals surface area contributed by atoms with Crippen LogP contribution in [-0.2, 0) is 0 Å². The fourth-order valence-corrected chi connectivity index (χ4v) is 13.7. The van der Waals surface area contributed by atoms with E-state index >= 15 is 0 Å². The lowest BCUT2D eigenvalue weighted by Gasteiger charge is -2.27. The van der Waals surface area contributed by atoms with Gasteiger partial charge < -0.3 is 0 Å². The summed E-state index contributed by atoms with van der Waals surface area (Å²) < 4.78 is 0. The van der Waals surface area contributed by atoms with Crippen molar-refractivity contribution in [2.75, 3.05) is 24.6 Å². The number of halogens is 1. The van der Waals surface area contributed by atoms with E-state index in [1.54, 1.807) is 37.7 Å². The summed E-state index contributed by atoms with van der Waals surface area (Å²) in [5, 5.41) is 0. The molecule has 1 atom stereocenters. The van der Waals surface area contributed by atoms with Crippen LogP contribution in [0.25, 0.3) is 0 Å². The van der Waals surface area contributed by atoms with Gasteiger partial charge in [0.25, 0.3) is 0 Å². The standard InChI is InChI=1S/C26H57P2.BrH/c1-5-9-12-15-18-21-24-28(27-8-4,25-22-19-16-13-10-6-2)26-23-20-17-14-11-7-3;/h27H,5-26H2,1-4H3;1H/q+1;. The number of unbranched alkanes of at least 4 members (excludes halogenated alkanes) is 15. The van der Waals surface area contributed by atoms with Crippen LogP contribution in [0, 0.1) is 0 Å². The molecule has 0 N–H and O–H groups in total. The van der Waals surface area contributed by atoms with Crippen LogP contribution < -0.4 is 0 Å². The Morgan fingerprint density at radius 2 is 0.690 bits per heavy atom. The molecule has 0 radical (unpaired) electrons. The molecule has 29 heavy (non-hydrogen) atoms. The molecule has 178 valence electrons. The molecule has 0 bridgehead atoms. The maximum absolute atomic E-state index is 2.47. The maximum Gasteiger partial charge on any atom is 0.0614 e. The van der Waals surface area contributed by atoms with E-state index < -0.39 is 6.95 Å². The minimum atomic E-state index is -0.635. The largest absolute Gasteiger partial charge is 0.114 e. The molecule has 0 aromatic heterocycles. The molecule has 0 aliphatic rings. The van der Waals surface area contributed by atoms with Crippen molar-refractivity contribution >= 4 is 32.2 Å². The first-order chi connectivity index (χ1) is 13.7. The predicted octanol–water partition coefficient (Wildman–Crippen LogP) is 11.3. The van der Waals surface area contributed by atoms with Gasteiger partial charge >= 0.3 is 0 Å². The van der Waals surface area contributed by atoms with Crippen molar-refractivity contribution in [2.24, 2.45) is 0 Å². The minimum absolute atomic E-state index is 0. The van der Waals surface area contributed by atoms with Gasteiger partial charge in [0.1, 0.15) is 0 Å². The predicted molar refractivity (Wildman–Crippen MR) is 151 cm³/mol. The van der Waals surface area contributed by atoms with Gasteiger partial charge in [-0.05, 0) is 44.7 Å². The van der Waals surface area contributed by atoms with Crippen molar-refractivity contribution in [3.8, 4) is 0 Å². The van der Waals surface area contributed by atoms with Crippen LogP contribution >= 0.6 is 32.2 Å². The summed E-state index contributed by atoms with van der Waals surface area (Å²) in [7, 11) is 1.32. The van der Waals surface area contributed by atoms with E-state index in [9.17, 15) is 0 Å². The van der Waals surface area contributed by atoms with Crippen molar-refractivity contribution in [3.63, 3.8) is 0 Å². The zero-order valence-electron chi connectivity index (χ0n) is 20.9. The normalized spacial score (nSPS) is 12.0. The van der Waals surface area contributed by atoms with Gasteiger partial charge in [-0.25, -0.2) is 0 Å². The molecule has 0 heterocycles. The average molecular weight is 513 g/mol. The molecule has 0 rings (SSSR count). The smallest absolute Gasteiger partial charge is 0.0614 e. The number of hydrogen-bond donors (Lipinski definition) is 0. The van der Waals surface area contributed by atoms with Crippen molar-refractivity contribution in [2.45, 2.75) is 143 Å². The molecule has 0 nitrogen and oxygen atoms in total. The lowest BCUT2D eigenvalue weighted by molar-refractivity contribution is 0.617. The van der Waals surface area contributed by atoms with Gasteiger partial charge in [0.2, 0.25) is 0 Å². The first-order valence-corrected chi connectivity index (χ1v) is 17.7. The Bertz CT molecular complexity index is 256. The topological polar surface area (TPSA) is 0 Å². The fourth-order valence-electron chi connectivity index (χ4n) is 4.49. The number of rotatable bonds is 23. The SMILES string of the molecule is Br.CCCCCCCC[P+](CCCCCCCC)(CCCCCCCC)PCC. The molecule has 0 amide bonds. The Labute approximate surface area is 199 Å². The van der Waals surface area contributed by atoms with E-state index in [4.69, 9.17) is 0 Å². The summed E-state index contributed by atoms with van der Waals surface area (Å²) in [6, 6.07) is 0. The lowest BCUT2D eigenvalue weighted by atomic mass is 10.1. The van der Waals surface area contributed by atoms with Gasteiger partial charge in [-0.1, -0.05) is 105 Å². The average Bonchev–Trinajstić information content (AvgIpc) is 2.70. The summed E-state index contributed by atoms with van der Waals surface area (Å²) in [5.41, 5.74) is 0. The molecule has 0 spiro atoms. The molecular formula is C26H58BrP2+. The van der Waals surface area contributed by atoms with Crippen molar-refractivity contribution in [1.82, 2.24) is 0 Å². The first kappa shape index (κ1) is 32.5. The van der Waals surface area contributed by atoms with Gasteiger partial charge in [-0.15, -0.1) is 17.0 Å². The van der Waals surface area contributed by atoms with Crippen LogP contribution in [0.3, 0.4) is 0 Å². The monoisotopic (exact) mass is 511 g/mol. The van der Waals surface area contributed by atoms with E-state index in [1.165, 1.54) is 111 Å². The second-order valence-corrected chi connectivity index (χ2v) is 17.6. The van der Waals surface area contributed by atoms with Crippen molar-refractivity contribution in [1.29, 1.82) is 0 Å². The molecule has 0 aromatic rings. The highest BCUT2D eigenvalue weighted by Gasteiger charge is 2.34. The summed E-state index contributed by atoms with van der Waals surface area (Å²) in [6.07, 6.45) is 33.0. The third-order valence-electron chi connectivity index (χ3n) is 6.31. The second-order valence-electron chi connectivity index (χ2n) is 9.13. The first-order valence-electron chi connectivity index (χ1n) is 13.4. The summed E-state index contributed by atoms with van der Waals surface area (Å²) in [5.74, 6) is 0.